The molecule has 2 aromatic carbocycles. The molecule has 1 saturated heterocycles. The Kier molecular flexibility index (Phi) is 36.9. The van der Waals surface area contributed by atoms with Crippen molar-refractivity contribution < 1.29 is 82.1 Å². The Bertz CT molecular complexity index is 3820. The summed E-state index contributed by atoms with van der Waals surface area (Å²) in [5.74, 6) is -16.0. The molecular weight excluding hydrogens is 1450 g/mol. The molecule has 40 heteroatoms. The maximum Gasteiger partial charge on any atom is 0.245 e. The lowest BCUT2D eigenvalue weighted by atomic mass is 10.0. The molecular formula is C71H111N23O17. The summed E-state index contributed by atoms with van der Waals surface area (Å²) in [6.45, 7) is 12.4. The highest BCUT2D eigenvalue weighted by Crippen LogP contribution is 2.23. The van der Waals surface area contributed by atoms with Gasteiger partial charge in [0, 0.05) is 49.6 Å². The number of H-pyrrole nitrogens is 1. The number of likely N-dealkylation sites (tertiary alicyclic amines) is 1. The largest absolute Gasteiger partial charge is 0.508 e. The molecule has 2 heterocycles. The minimum Gasteiger partial charge on any atom is -0.508 e. The lowest BCUT2D eigenvalue weighted by molar-refractivity contribution is -0.141. The summed E-state index contributed by atoms with van der Waals surface area (Å²) < 4.78 is 0. The molecule has 1 aliphatic rings. The predicted molar refractivity (Wildman–Crippen MR) is 407 cm³/mol. The minimum absolute atomic E-state index is 0.0157. The zero-order valence-electron chi connectivity index (χ0n) is 63.7. The first kappa shape index (κ1) is 91.7. The number of phenols is 1. The maximum absolute atomic E-state index is 14.6. The lowest BCUT2D eigenvalue weighted by Gasteiger charge is -2.30. The molecule has 612 valence electrons. The number of aliphatic hydroxyl groups excluding tert-OH is 1. The molecule has 30 N–H and O–H groups in total. The van der Waals surface area contributed by atoms with Crippen LogP contribution in [0.2, 0.25) is 0 Å². The summed E-state index contributed by atoms with van der Waals surface area (Å²) in [5, 5.41) is 48.7. The van der Waals surface area contributed by atoms with Crippen molar-refractivity contribution in [2.24, 2.45) is 67.7 Å². The van der Waals surface area contributed by atoms with Crippen molar-refractivity contribution in [2.45, 2.75) is 224 Å². The quantitative estimate of drug-likeness (QED) is 0.0142. The van der Waals surface area contributed by atoms with E-state index in [1.807, 2.05) is 13.8 Å². The highest BCUT2D eigenvalue weighted by Gasteiger charge is 2.41. The second kappa shape index (κ2) is 44.7. The number of nitrogens with zero attached hydrogens (tertiary/aromatic N) is 3. The number of aliphatic hydroxyl groups is 1. The number of aromatic nitrogens is 1. The number of rotatable bonds is 46. The Hall–Kier alpha value is -11.7. The standard InChI is InChI=1S/C71H111N23O17/c1-9-42(84-65(107)49(31-53(72)97)89-61(103)45(18-13-25-80-70(76)77)86-58(100)36(7)83-63(105)48(91-67(109)55(74)37(8)95)30-39-33-82-44-17-12-11-16-41(39)44)60(102)88-47(29-38-21-23-40(96)24-22-38)64(106)90-50(32-54(73)98)66(108)93-56(35(5)6)68(110)85-43(10-2)59(101)87-46(19-14-26-81-71(78)79)62(104)92-51(28-34(3)4)69(111)94-27-15-20-52(94)57(75)99/h11-12,16-17,21-24,33-37,42-43,45-52,55-56,82,95-96H,9-10,13-15,18-20,25-32,74H2,1-8H3,(H2,72,97)(H2,73,98)(H2,75,99)(H,83,105)(H,84,107)(H,85,110)(H,86,100)(H,87,101)(H,88,102)(H,89,103)(H,90,106)(H,91,109)(H,92,104)(H,93,108)(H4,76,77,80)(H4,78,79,81)/t36-,37+,42-,43-,45-,46-,47-,48-,49-,50-,51-,52-,55-,56-/m0/s1. The zero-order valence-corrected chi connectivity index (χ0v) is 63.7. The van der Waals surface area contributed by atoms with Crippen LogP contribution in [-0.2, 0) is 84.8 Å². The van der Waals surface area contributed by atoms with Gasteiger partial charge in [-0.1, -0.05) is 71.9 Å². The molecule has 0 bridgehead atoms. The van der Waals surface area contributed by atoms with Gasteiger partial charge in [0.15, 0.2) is 11.9 Å². The third-order valence-corrected chi connectivity index (χ3v) is 18.1. The van der Waals surface area contributed by atoms with Crippen molar-refractivity contribution in [2.75, 3.05) is 19.6 Å². The molecule has 3 aromatic rings. The first-order chi connectivity index (χ1) is 52.2. The van der Waals surface area contributed by atoms with Crippen molar-refractivity contribution in [3.8, 4) is 5.75 Å². The van der Waals surface area contributed by atoms with E-state index in [4.69, 9.17) is 45.9 Å². The van der Waals surface area contributed by atoms with Gasteiger partial charge in [0.25, 0.3) is 0 Å². The first-order valence-electron chi connectivity index (χ1n) is 36.6. The molecule has 0 saturated carbocycles. The Morgan fingerprint density at radius 3 is 1.44 bits per heavy atom. The first-order valence-corrected chi connectivity index (χ1v) is 36.6. The number of primary amides is 3. The second-order valence-corrected chi connectivity index (χ2v) is 28.0. The van der Waals surface area contributed by atoms with Crippen molar-refractivity contribution in [3.63, 3.8) is 0 Å². The van der Waals surface area contributed by atoms with Gasteiger partial charge in [0.05, 0.1) is 18.9 Å². The summed E-state index contributed by atoms with van der Waals surface area (Å²) in [5.41, 5.74) is 46.4. The number of nitrogens with one attached hydrogen (secondary N) is 12. The van der Waals surface area contributed by atoms with Gasteiger partial charge in [0.1, 0.15) is 84.3 Å². The van der Waals surface area contributed by atoms with Gasteiger partial charge in [-0.25, -0.2) is 0 Å². The lowest BCUT2D eigenvalue weighted by Crippen LogP contribution is -2.62. The number of benzene rings is 2. The number of nitrogens with two attached hydrogens (primary N) is 8. The molecule has 0 unspecified atom stereocenters. The van der Waals surface area contributed by atoms with Crippen LogP contribution < -0.4 is 104 Å². The van der Waals surface area contributed by atoms with E-state index in [1.165, 1.54) is 63.8 Å². The Balaban J connectivity index is 1.56. The van der Waals surface area contributed by atoms with Crippen LogP contribution in [0.3, 0.4) is 0 Å². The van der Waals surface area contributed by atoms with Crippen molar-refractivity contribution in [3.05, 3.63) is 65.9 Å². The van der Waals surface area contributed by atoms with Crippen molar-refractivity contribution in [1.29, 1.82) is 0 Å². The number of carbonyl (C=O) groups excluding carboxylic acids is 15. The van der Waals surface area contributed by atoms with Gasteiger partial charge < -0.3 is 124 Å². The van der Waals surface area contributed by atoms with Crippen molar-refractivity contribution >= 4 is 111 Å². The van der Waals surface area contributed by atoms with E-state index in [1.54, 1.807) is 37.4 Å². The highest BCUT2D eigenvalue weighted by molar-refractivity contribution is 6.01. The molecule has 14 atom stereocenters. The number of hydrogen-bond acceptors (Lipinski definition) is 20. The molecule has 1 fully saturated rings. The maximum atomic E-state index is 14.6. The van der Waals surface area contributed by atoms with E-state index >= 15 is 0 Å². The summed E-state index contributed by atoms with van der Waals surface area (Å²) >= 11 is 0. The van der Waals surface area contributed by atoms with E-state index in [0.717, 1.165) is 10.9 Å². The predicted octanol–water partition coefficient (Wildman–Crippen LogP) is -6.42. The summed E-state index contributed by atoms with van der Waals surface area (Å²) in [7, 11) is 0. The second-order valence-electron chi connectivity index (χ2n) is 28.0. The molecule has 0 aliphatic carbocycles. The number of aromatic hydroxyl groups is 1. The number of para-hydroxylation sites is 1. The molecule has 15 amide bonds. The number of aliphatic imine (C=N–C) groups is 2. The average Bonchev–Trinajstić information content (AvgIpc) is 1.72. The molecule has 0 radical (unpaired) electrons. The Morgan fingerprint density at radius 1 is 0.514 bits per heavy atom. The number of hydrogen-bond donors (Lipinski definition) is 22. The highest BCUT2D eigenvalue weighted by atomic mass is 16.3. The molecule has 111 heavy (non-hydrogen) atoms. The van der Waals surface area contributed by atoms with Crippen LogP contribution in [0.25, 0.3) is 10.9 Å². The number of guanidine groups is 2. The third-order valence-electron chi connectivity index (χ3n) is 18.1. The summed E-state index contributed by atoms with van der Waals surface area (Å²) in [6.07, 6.45) is -1.45. The smallest absolute Gasteiger partial charge is 0.245 e. The Morgan fingerprint density at radius 2 is 0.946 bits per heavy atom. The number of amides is 15. The average molecular weight is 1560 g/mol. The normalized spacial score (nSPS) is 16.1. The van der Waals surface area contributed by atoms with Gasteiger partial charge in [0.2, 0.25) is 88.6 Å². The van der Waals surface area contributed by atoms with Gasteiger partial charge in [-0.3, -0.25) is 81.9 Å². The van der Waals surface area contributed by atoms with Gasteiger partial charge in [-0.2, -0.15) is 0 Å². The number of aromatic amines is 1. The summed E-state index contributed by atoms with van der Waals surface area (Å²) in [4.78, 5) is 220. The van der Waals surface area contributed by atoms with Crippen LogP contribution in [-0.4, -0.2) is 225 Å². The number of carbonyl (C=O) groups is 15. The van der Waals surface area contributed by atoms with Crippen LogP contribution >= 0.6 is 0 Å². The van der Waals surface area contributed by atoms with E-state index in [-0.39, 0.29) is 94.6 Å². The fraction of sp³-hybridized carbons (Fsp3) is 0.563. The SMILES string of the molecule is CC[C@H](NC(=O)[C@H](CC(N)=O)NC(=O)[C@H](CCCN=C(N)N)NC(=O)[C@H](C)NC(=O)[C@H](Cc1c[nH]c2ccccc12)NC(=O)[C@@H](N)[C@@H](C)O)C(=O)N[C@@H](Cc1ccc(O)cc1)C(=O)N[C@@H](CC(N)=O)C(=O)N[C@H](C(=O)N[C@@H](CC)C(=O)N[C@@H](CCCN=C(N)N)C(=O)N[C@@H](CC(C)C)C(=O)N1CCC[C@H]1C(N)=O)C(C)C. The van der Waals surface area contributed by atoms with Crippen LogP contribution in [0.1, 0.15) is 137 Å². The van der Waals surface area contributed by atoms with Gasteiger partial charge >= 0.3 is 0 Å². The fourth-order valence-corrected chi connectivity index (χ4v) is 11.9. The summed E-state index contributed by atoms with van der Waals surface area (Å²) in [6, 6.07) is -6.66. The molecule has 40 nitrogen and oxygen atoms in total. The van der Waals surface area contributed by atoms with Crippen LogP contribution in [0.4, 0.5) is 0 Å². The van der Waals surface area contributed by atoms with Crippen LogP contribution in [0.5, 0.6) is 5.75 Å². The van der Waals surface area contributed by atoms with Crippen LogP contribution in [0, 0.1) is 11.8 Å². The van der Waals surface area contributed by atoms with E-state index in [9.17, 15) is 82.1 Å². The number of fused-ring (bicyclic) bond motifs is 1. The van der Waals surface area contributed by atoms with Crippen LogP contribution in [0.15, 0.2) is 64.7 Å². The molecule has 1 aliphatic heterocycles. The third kappa shape index (κ3) is 30.0. The topological polar surface area (TPSA) is 681 Å². The Labute approximate surface area is 642 Å². The van der Waals surface area contributed by atoms with E-state index < -0.39 is 198 Å². The fourth-order valence-electron chi connectivity index (χ4n) is 11.9. The van der Waals surface area contributed by atoms with Crippen molar-refractivity contribution in [1.82, 2.24) is 68.4 Å². The van der Waals surface area contributed by atoms with Gasteiger partial charge in [-0.05, 0) is 113 Å². The minimum atomic E-state index is -1.87. The van der Waals surface area contributed by atoms with E-state index in [2.05, 4.69) is 73.5 Å². The molecule has 0 spiro atoms. The molecule has 1 aromatic heterocycles. The monoisotopic (exact) mass is 1560 g/mol. The van der Waals surface area contributed by atoms with Gasteiger partial charge in [-0.15, -0.1) is 0 Å². The number of phenolic OH excluding ortho intramolecular Hbond substituents is 1. The zero-order chi connectivity index (χ0) is 83.1. The molecule has 4 rings (SSSR count). The van der Waals surface area contributed by atoms with E-state index in [0.29, 0.717) is 24.0 Å².